The Morgan fingerprint density at radius 1 is 1.04 bits per heavy atom. The monoisotopic (exact) mass is 683 g/mol. The lowest BCUT2D eigenvalue weighted by molar-refractivity contribution is -0.307. The fourth-order valence-corrected chi connectivity index (χ4v) is 8.97. The molecule has 2 bridgehead atoms. The summed E-state index contributed by atoms with van der Waals surface area (Å²) in [6.07, 6.45) is -3.45. The predicted molar refractivity (Wildman–Crippen MR) is 176 cm³/mol. The number of carbonyl (C=O) groups is 1. The third kappa shape index (κ3) is 6.82. The normalized spacial score (nSPS) is 49.0. The number of nitrogens with zero attached hydrogens (tertiary/aromatic N) is 1. The first-order valence-corrected chi connectivity index (χ1v) is 17.9. The van der Waals surface area contributed by atoms with Crippen molar-refractivity contribution < 1.29 is 53.3 Å². The Kier molecular flexibility index (Phi) is 11.0. The topological polar surface area (TPSA) is 146 Å². The number of hydrogen-bond acceptors (Lipinski definition) is 12. The zero-order valence-electron chi connectivity index (χ0n) is 30.8. The zero-order valence-corrected chi connectivity index (χ0v) is 30.8. The Morgan fingerprint density at radius 2 is 1.73 bits per heavy atom. The fraction of sp³-hybridized carbons (Fsp3) is 0.917. The van der Waals surface area contributed by atoms with Crippen LogP contribution in [0.15, 0.2) is 11.3 Å². The molecule has 3 saturated heterocycles. The van der Waals surface area contributed by atoms with Gasteiger partial charge in [-0.3, -0.25) is 4.79 Å². The minimum absolute atomic E-state index is 0.0171. The molecular formula is C36H61NO11. The summed E-state index contributed by atoms with van der Waals surface area (Å²) in [6, 6.07) is 0.263. The molecule has 16 atom stereocenters. The molecule has 7 unspecified atom stereocenters. The van der Waals surface area contributed by atoms with Gasteiger partial charge in [0, 0.05) is 38.3 Å². The largest absolute Gasteiger partial charge is 0.488 e. The molecule has 12 heteroatoms. The van der Waals surface area contributed by atoms with Crippen LogP contribution in [0, 0.1) is 17.8 Å². The molecule has 1 aliphatic carbocycles. The van der Waals surface area contributed by atoms with Crippen LogP contribution in [0.25, 0.3) is 0 Å². The first-order chi connectivity index (χ1) is 22.4. The molecule has 1 saturated carbocycles. The molecule has 0 aromatic heterocycles. The third-order valence-corrected chi connectivity index (χ3v) is 12.1. The van der Waals surface area contributed by atoms with E-state index < -0.39 is 89.7 Å². The molecule has 4 aliphatic heterocycles. The summed E-state index contributed by atoms with van der Waals surface area (Å²) in [5, 5.41) is 33.4. The first kappa shape index (κ1) is 37.9. The van der Waals surface area contributed by atoms with E-state index in [9.17, 15) is 20.1 Å². The Labute approximate surface area is 286 Å². The number of hydrogen-bond donors (Lipinski definition) is 3. The standard InChI is InChI=1S/C36H61NO11/c1-12-25(38)36(41)16-24-28-18(2)15-35(8,48-28)31(46-26-14-23(37(9)10)13-19(3)43-26)20(4)29(21(5)33(40)47-32(24)36)45-27-17-34(7,42-11)30(39)22(6)44-27/h19-27,29-32,38-39,41H,12-17H2,1-11H3/t19?,20-,21+,22?,23?,24-,25+,26?,27?,29+,30?,31+,32+,34?,35+,36+/m0/s1. The Hall–Kier alpha value is -1.35. The van der Waals surface area contributed by atoms with E-state index in [0.29, 0.717) is 25.0 Å². The van der Waals surface area contributed by atoms with E-state index >= 15 is 0 Å². The minimum atomic E-state index is -1.61. The number of rotatable bonds is 8. The summed E-state index contributed by atoms with van der Waals surface area (Å²) >= 11 is 0. The number of fused-ring (bicyclic) bond motifs is 4. The quantitative estimate of drug-likeness (QED) is 0.323. The molecule has 3 N–H and O–H groups in total. The van der Waals surface area contributed by atoms with Crippen LogP contribution in [0.5, 0.6) is 0 Å². The second-order valence-electron chi connectivity index (χ2n) is 16.0. The van der Waals surface area contributed by atoms with Gasteiger partial charge >= 0.3 is 5.97 Å². The van der Waals surface area contributed by atoms with Crippen LogP contribution >= 0.6 is 0 Å². The van der Waals surface area contributed by atoms with Crippen molar-refractivity contribution in [2.75, 3.05) is 21.2 Å². The van der Waals surface area contributed by atoms with Crippen LogP contribution in [0.1, 0.15) is 93.9 Å². The lowest BCUT2D eigenvalue weighted by atomic mass is 9.63. The highest BCUT2D eigenvalue weighted by Crippen LogP contribution is 2.54. The summed E-state index contributed by atoms with van der Waals surface area (Å²) in [4.78, 5) is 16.3. The highest BCUT2D eigenvalue weighted by molar-refractivity contribution is 5.73. The van der Waals surface area contributed by atoms with Crippen molar-refractivity contribution in [2.45, 2.75) is 172 Å². The first-order valence-electron chi connectivity index (χ1n) is 17.9. The number of aliphatic hydroxyl groups excluding tert-OH is 2. The van der Waals surface area contributed by atoms with E-state index in [1.807, 2.05) is 27.7 Å². The van der Waals surface area contributed by atoms with E-state index in [0.717, 1.165) is 12.0 Å². The van der Waals surface area contributed by atoms with Gasteiger partial charge in [-0.1, -0.05) is 13.8 Å². The predicted octanol–water partition coefficient (Wildman–Crippen LogP) is 3.29. The zero-order chi connectivity index (χ0) is 35.5. The van der Waals surface area contributed by atoms with Gasteiger partial charge in [0.2, 0.25) is 0 Å². The van der Waals surface area contributed by atoms with Crippen molar-refractivity contribution in [1.82, 2.24) is 4.90 Å². The van der Waals surface area contributed by atoms with Crippen LogP contribution in [-0.2, 0) is 38.0 Å². The van der Waals surface area contributed by atoms with E-state index in [4.69, 9.17) is 33.2 Å². The number of esters is 1. The molecule has 0 spiro atoms. The van der Waals surface area contributed by atoms with Gasteiger partial charge in [0.1, 0.15) is 35.3 Å². The molecule has 0 aromatic rings. The molecular weight excluding hydrogens is 622 g/mol. The van der Waals surface area contributed by atoms with Crippen LogP contribution in [-0.4, -0.2) is 126 Å². The van der Waals surface area contributed by atoms with E-state index in [2.05, 4.69) is 25.9 Å². The fourth-order valence-electron chi connectivity index (χ4n) is 8.97. The second kappa shape index (κ2) is 14.0. The van der Waals surface area contributed by atoms with Crippen molar-refractivity contribution in [2.24, 2.45) is 17.8 Å². The van der Waals surface area contributed by atoms with Crippen LogP contribution in [0.4, 0.5) is 0 Å². The summed E-state index contributed by atoms with van der Waals surface area (Å²) in [5.41, 5.74) is -2.43. The maximum Gasteiger partial charge on any atom is 0.311 e. The van der Waals surface area contributed by atoms with Gasteiger partial charge in [0.25, 0.3) is 0 Å². The van der Waals surface area contributed by atoms with Gasteiger partial charge in [-0.2, -0.15) is 0 Å². The summed E-state index contributed by atoms with van der Waals surface area (Å²) in [5.74, 6) is -1.57. The van der Waals surface area contributed by atoms with Crippen molar-refractivity contribution in [1.29, 1.82) is 0 Å². The number of carbonyl (C=O) groups excluding carboxylic acids is 1. The van der Waals surface area contributed by atoms with Crippen LogP contribution in [0.2, 0.25) is 0 Å². The van der Waals surface area contributed by atoms with Gasteiger partial charge in [-0.15, -0.1) is 0 Å². The highest BCUT2D eigenvalue weighted by atomic mass is 16.7. The van der Waals surface area contributed by atoms with Crippen LogP contribution < -0.4 is 0 Å². The number of aliphatic hydroxyl groups is 3. The highest BCUT2D eigenvalue weighted by Gasteiger charge is 2.64. The Morgan fingerprint density at radius 3 is 2.35 bits per heavy atom. The van der Waals surface area contributed by atoms with E-state index in [1.165, 1.54) is 0 Å². The summed E-state index contributed by atoms with van der Waals surface area (Å²) in [7, 11) is 5.68. The molecule has 5 rings (SSSR count). The molecule has 48 heavy (non-hydrogen) atoms. The maximum absolute atomic E-state index is 14.1. The molecule has 5 aliphatic rings. The lowest BCUT2D eigenvalue weighted by Crippen LogP contribution is -2.67. The lowest BCUT2D eigenvalue weighted by Gasteiger charge is -2.53. The average molecular weight is 684 g/mol. The van der Waals surface area contributed by atoms with Crippen molar-refractivity contribution in [3.63, 3.8) is 0 Å². The third-order valence-electron chi connectivity index (χ3n) is 12.1. The van der Waals surface area contributed by atoms with Crippen molar-refractivity contribution in [3.8, 4) is 0 Å². The van der Waals surface area contributed by atoms with Gasteiger partial charge in [0.15, 0.2) is 12.6 Å². The average Bonchev–Trinajstić information content (AvgIpc) is 3.34. The van der Waals surface area contributed by atoms with Gasteiger partial charge in [-0.05, 0) is 80.5 Å². The minimum Gasteiger partial charge on any atom is -0.488 e. The molecule has 4 fully saturated rings. The summed E-state index contributed by atoms with van der Waals surface area (Å²) < 4.78 is 45.1. The van der Waals surface area contributed by atoms with Gasteiger partial charge < -0.3 is 53.4 Å². The van der Waals surface area contributed by atoms with Crippen LogP contribution in [0.3, 0.4) is 0 Å². The van der Waals surface area contributed by atoms with Crippen molar-refractivity contribution >= 4 is 5.97 Å². The molecule has 0 amide bonds. The van der Waals surface area contributed by atoms with E-state index in [1.54, 1.807) is 27.9 Å². The smallest absolute Gasteiger partial charge is 0.311 e. The van der Waals surface area contributed by atoms with Gasteiger partial charge in [0.05, 0.1) is 41.9 Å². The number of ether oxygens (including phenoxy) is 7. The second-order valence-corrected chi connectivity index (χ2v) is 16.0. The molecule has 4 heterocycles. The molecule has 12 nitrogen and oxygen atoms in total. The SMILES string of the molecule is CC[C@@H](O)[C@]1(O)C[C@H]2C3=C(C)C[C@@](C)(O3)[C@H](OC3CC(N(C)C)CC(C)O3)[C@@H](C)[C@@H](OC3CC(C)(OC)C(O)C(C)O3)[C@@H](C)C(=O)O[C@H]21. The summed E-state index contributed by atoms with van der Waals surface area (Å²) in [6.45, 7) is 15.2. The molecule has 0 aromatic carbocycles. The molecule has 276 valence electrons. The maximum atomic E-state index is 14.1. The van der Waals surface area contributed by atoms with Gasteiger partial charge in [-0.25, -0.2) is 0 Å². The molecule has 0 radical (unpaired) electrons. The Bertz CT molecular complexity index is 1200. The number of methoxy groups -OCH3 is 1. The Balaban J connectivity index is 1.54. The van der Waals surface area contributed by atoms with Crippen molar-refractivity contribution in [3.05, 3.63) is 11.3 Å². The van der Waals surface area contributed by atoms with E-state index in [-0.39, 0.29) is 25.0 Å².